The molecule has 4 rings (SSSR count). The third kappa shape index (κ3) is 3.59. The molecule has 0 spiro atoms. The van der Waals surface area contributed by atoms with Crippen LogP contribution >= 0.6 is 0 Å². The Morgan fingerprint density at radius 3 is 2.26 bits per heavy atom. The molecule has 1 unspecified atom stereocenters. The van der Waals surface area contributed by atoms with Crippen LogP contribution in [-0.4, -0.2) is 26.0 Å². The topological polar surface area (TPSA) is 67.9 Å². The van der Waals surface area contributed by atoms with Crippen LogP contribution in [0.1, 0.15) is 12.0 Å². The molecule has 7 heteroatoms. The van der Waals surface area contributed by atoms with E-state index in [9.17, 15) is 14.0 Å². The highest BCUT2D eigenvalue weighted by Gasteiger charge is 2.58. The molecule has 0 saturated carbocycles. The maximum atomic E-state index is 13.6. The normalized spacial score (nSPS) is 17.6. The molecule has 3 aromatic rings. The average molecular weight is 420 g/mol. The van der Waals surface area contributed by atoms with E-state index in [-0.39, 0.29) is 12.3 Å². The number of hydrogen-bond acceptors (Lipinski definition) is 4. The van der Waals surface area contributed by atoms with Crippen molar-refractivity contribution in [3.63, 3.8) is 0 Å². The zero-order valence-electron chi connectivity index (χ0n) is 17.1. The van der Waals surface area contributed by atoms with Crippen LogP contribution in [0.4, 0.5) is 15.8 Å². The van der Waals surface area contributed by atoms with E-state index in [4.69, 9.17) is 9.47 Å². The van der Waals surface area contributed by atoms with Gasteiger partial charge in [0.1, 0.15) is 17.3 Å². The summed E-state index contributed by atoms with van der Waals surface area (Å²) in [6, 6.07) is 19.5. The number of carbonyl (C=O) groups is 2. The second-order valence-corrected chi connectivity index (χ2v) is 7.16. The molecule has 1 aliphatic heterocycles. The monoisotopic (exact) mass is 420 g/mol. The number of nitrogens with one attached hydrogen (secondary N) is 1. The van der Waals surface area contributed by atoms with E-state index in [1.165, 1.54) is 43.4 Å². The second kappa shape index (κ2) is 8.10. The number of methoxy groups -OCH3 is 2. The van der Waals surface area contributed by atoms with Crippen LogP contribution < -0.4 is 19.7 Å². The first-order valence-electron chi connectivity index (χ1n) is 9.66. The molecule has 0 radical (unpaired) electrons. The molecule has 158 valence electrons. The van der Waals surface area contributed by atoms with E-state index in [2.05, 4.69) is 5.32 Å². The fraction of sp³-hybridized carbons (Fsp3) is 0.167. The molecule has 0 bridgehead atoms. The van der Waals surface area contributed by atoms with Crippen molar-refractivity contribution in [1.82, 2.24) is 0 Å². The molecule has 1 N–H and O–H groups in total. The molecule has 1 saturated heterocycles. The number of benzene rings is 3. The van der Waals surface area contributed by atoms with Crippen molar-refractivity contribution in [1.29, 1.82) is 0 Å². The Morgan fingerprint density at radius 1 is 0.968 bits per heavy atom. The van der Waals surface area contributed by atoms with Gasteiger partial charge in [0.2, 0.25) is 5.91 Å². The number of halogens is 1. The fourth-order valence-corrected chi connectivity index (χ4v) is 3.82. The van der Waals surface area contributed by atoms with Crippen molar-refractivity contribution in [2.45, 2.75) is 12.0 Å². The molecule has 6 nitrogen and oxygen atoms in total. The highest BCUT2D eigenvalue weighted by molar-refractivity contribution is 6.17. The molecular formula is C24H21FN2O4. The van der Waals surface area contributed by atoms with Crippen molar-refractivity contribution < 1.29 is 23.5 Å². The molecule has 0 aliphatic carbocycles. The largest absolute Gasteiger partial charge is 0.497 e. The van der Waals surface area contributed by atoms with Crippen LogP contribution in [0.15, 0.2) is 72.8 Å². The number of hydrogen-bond donors (Lipinski definition) is 1. The van der Waals surface area contributed by atoms with Gasteiger partial charge in [-0.15, -0.1) is 0 Å². The molecular weight excluding hydrogens is 399 g/mol. The van der Waals surface area contributed by atoms with Crippen LogP contribution in [0, 0.1) is 5.82 Å². The van der Waals surface area contributed by atoms with E-state index >= 15 is 0 Å². The smallest absolute Gasteiger partial charge is 0.255 e. The Bertz CT molecular complexity index is 1130. The van der Waals surface area contributed by atoms with Gasteiger partial charge >= 0.3 is 0 Å². The van der Waals surface area contributed by atoms with Gasteiger partial charge in [-0.2, -0.15) is 0 Å². The molecule has 31 heavy (non-hydrogen) atoms. The predicted octanol–water partition coefficient (Wildman–Crippen LogP) is 4.11. The van der Waals surface area contributed by atoms with E-state index in [1.807, 2.05) is 0 Å². The second-order valence-electron chi connectivity index (χ2n) is 7.16. The maximum Gasteiger partial charge on any atom is 0.255 e. The number of amides is 2. The molecule has 3 aromatic carbocycles. The number of ether oxygens (including phenoxy) is 2. The first-order valence-corrected chi connectivity index (χ1v) is 9.66. The number of nitrogens with zero attached hydrogens (tertiary/aromatic N) is 1. The van der Waals surface area contributed by atoms with Crippen LogP contribution in [0.5, 0.6) is 11.5 Å². The lowest BCUT2D eigenvalue weighted by Gasteiger charge is -2.50. The maximum absolute atomic E-state index is 13.6. The Labute approximate surface area is 179 Å². The van der Waals surface area contributed by atoms with E-state index in [0.29, 0.717) is 28.4 Å². The lowest BCUT2D eigenvalue weighted by Crippen LogP contribution is -2.67. The Kier molecular flexibility index (Phi) is 5.33. The summed E-state index contributed by atoms with van der Waals surface area (Å²) in [5.41, 5.74) is 0.216. The first-order chi connectivity index (χ1) is 15.0. The summed E-state index contributed by atoms with van der Waals surface area (Å²) in [5.74, 6) is 0.0835. The SMILES string of the molecule is COc1cccc(NC(=O)C2(c3ccc(F)cc3)CC(=O)N2c2cccc(OC)c2)c1. The fourth-order valence-electron chi connectivity index (χ4n) is 3.82. The molecule has 0 aromatic heterocycles. The van der Waals surface area contributed by atoms with Gasteiger partial charge in [-0.1, -0.05) is 24.3 Å². The number of β-lactam (4-membered cyclic amide) rings is 1. The lowest BCUT2D eigenvalue weighted by atomic mass is 9.76. The summed E-state index contributed by atoms with van der Waals surface area (Å²) >= 11 is 0. The van der Waals surface area contributed by atoms with Crippen molar-refractivity contribution in [3.8, 4) is 11.5 Å². The van der Waals surface area contributed by atoms with E-state index in [1.54, 1.807) is 48.5 Å². The van der Waals surface area contributed by atoms with E-state index in [0.717, 1.165) is 0 Å². The number of anilines is 2. The van der Waals surface area contributed by atoms with Crippen LogP contribution in [0.2, 0.25) is 0 Å². The standard InChI is InChI=1S/C24H21FN2O4/c1-30-20-7-3-5-18(13-20)26-23(29)24(16-9-11-17(25)12-10-16)15-22(28)27(24)19-6-4-8-21(14-19)31-2/h3-14H,15H2,1-2H3,(H,26,29). The van der Waals surface area contributed by atoms with Gasteiger partial charge in [0.25, 0.3) is 5.91 Å². The van der Waals surface area contributed by atoms with Gasteiger partial charge < -0.3 is 14.8 Å². The summed E-state index contributed by atoms with van der Waals surface area (Å²) in [7, 11) is 3.07. The van der Waals surface area contributed by atoms with Gasteiger partial charge in [-0.05, 0) is 42.0 Å². The van der Waals surface area contributed by atoms with Gasteiger partial charge in [0, 0.05) is 23.5 Å². The van der Waals surface area contributed by atoms with Crippen LogP contribution in [0.25, 0.3) is 0 Å². The number of rotatable bonds is 6. The van der Waals surface area contributed by atoms with Gasteiger partial charge in [0.15, 0.2) is 5.54 Å². The zero-order valence-corrected chi connectivity index (χ0v) is 17.1. The number of carbonyl (C=O) groups excluding carboxylic acids is 2. The quantitative estimate of drug-likeness (QED) is 0.610. The molecule has 2 amide bonds. The van der Waals surface area contributed by atoms with E-state index < -0.39 is 17.3 Å². The third-order valence-electron chi connectivity index (χ3n) is 5.37. The summed E-state index contributed by atoms with van der Waals surface area (Å²) in [5, 5.41) is 2.88. The van der Waals surface area contributed by atoms with Crippen LogP contribution in [0.3, 0.4) is 0 Å². The summed E-state index contributed by atoms with van der Waals surface area (Å²) in [6.45, 7) is 0. The van der Waals surface area contributed by atoms with Crippen molar-refractivity contribution in [2.75, 3.05) is 24.4 Å². The first kappa shape index (κ1) is 20.4. The van der Waals surface area contributed by atoms with Crippen molar-refractivity contribution >= 4 is 23.2 Å². The Morgan fingerprint density at radius 2 is 1.61 bits per heavy atom. The van der Waals surface area contributed by atoms with Crippen LogP contribution in [-0.2, 0) is 15.1 Å². The van der Waals surface area contributed by atoms with Gasteiger partial charge in [0.05, 0.1) is 20.6 Å². The Balaban J connectivity index is 1.79. The lowest BCUT2D eigenvalue weighted by molar-refractivity contribution is -0.137. The van der Waals surface area contributed by atoms with Gasteiger partial charge in [-0.25, -0.2) is 4.39 Å². The summed E-state index contributed by atoms with van der Waals surface area (Å²) in [4.78, 5) is 27.8. The van der Waals surface area contributed by atoms with Gasteiger partial charge in [-0.3, -0.25) is 14.5 Å². The Hall–Kier alpha value is -3.87. The minimum Gasteiger partial charge on any atom is -0.497 e. The molecule has 1 heterocycles. The average Bonchev–Trinajstić information content (AvgIpc) is 2.78. The highest BCUT2D eigenvalue weighted by Crippen LogP contribution is 2.46. The molecule has 1 atom stereocenters. The predicted molar refractivity (Wildman–Crippen MR) is 115 cm³/mol. The third-order valence-corrected chi connectivity index (χ3v) is 5.37. The van der Waals surface area contributed by atoms with Crippen molar-refractivity contribution in [3.05, 3.63) is 84.2 Å². The summed E-state index contributed by atoms with van der Waals surface area (Å²) in [6.07, 6.45) is -0.0500. The zero-order chi connectivity index (χ0) is 22.0. The van der Waals surface area contributed by atoms with Crippen molar-refractivity contribution in [2.24, 2.45) is 0 Å². The summed E-state index contributed by atoms with van der Waals surface area (Å²) < 4.78 is 24.1. The molecule has 1 aliphatic rings. The highest BCUT2D eigenvalue weighted by atomic mass is 19.1. The minimum atomic E-state index is -1.33. The molecule has 1 fully saturated rings. The minimum absolute atomic E-state index is 0.0500.